The van der Waals surface area contributed by atoms with Gasteiger partial charge in [-0.3, -0.25) is 0 Å². The van der Waals surface area contributed by atoms with Crippen molar-refractivity contribution in [3.63, 3.8) is 0 Å². The molecule has 2 nitrogen and oxygen atoms in total. The van der Waals surface area contributed by atoms with Gasteiger partial charge in [0.1, 0.15) is 0 Å². The summed E-state index contributed by atoms with van der Waals surface area (Å²) in [5, 5.41) is 0. The molecular formula is C13H18Br2N2. The third-order valence-electron chi connectivity index (χ3n) is 3.49. The van der Waals surface area contributed by atoms with Crippen molar-refractivity contribution in [1.29, 1.82) is 0 Å². The van der Waals surface area contributed by atoms with Crippen LogP contribution in [0.4, 0.5) is 11.4 Å². The van der Waals surface area contributed by atoms with Crippen molar-refractivity contribution in [3.8, 4) is 0 Å². The second-order valence-corrected chi connectivity index (χ2v) is 6.58. The Labute approximate surface area is 120 Å². The molecule has 0 saturated carbocycles. The maximum absolute atomic E-state index is 5.85. The molecule has 0 spiro atoms. The van der Waals surface area contributed by atoms with Gasteiger partial charge in [-0.2, -0.15) is 0 Å². The van der Waals surface area contributed by atoms with Gasteiger partial charge in [0.25, 0.3) is 0 Å². The second kappa shape index (κ2) is 5.19. The van der Waals surface area contributed by atoms with Gasteiger partial charge in [-0.1, -0.05) is 0 Å². The summed E-state index contributed by atoms with van der Waals surface area (Å²) in [7, 11) is 0. The first-order valence-electron chi connectivity index (χ1n) is 6.03. The molecule has 0 radical (unpaired) electrons. The minimum Gasteiger partial charge on any atom is -0.399 e. The maximum Gasteiger partial charge on any atom is 0.0661 e. The summed E-state index contributed by atoms with van der Waals surface area (Å²) >= 11 is 7.27. The molecule has 1 aliphatic heterocycles. The number of nitrogens with zero attached hydrogens (tertiary/aromatic N) is 1. The zero-order valence-electron chi connectivity index (χ0n) is 10.2. The highest BCUT2D eigenvalue weighted by atomic mass is 79.9. The molecule has 1 aromatic rings. The third kappa shape index (κ3) is 2.63. The Bertz CT molecular complexity index is 387. The largest absolute Gasteiger partial charge is 0.399 e. The highest BCUT2D eigenvalue weighted by Crippen LogP contribution is 2.40. The molecule has 0 amide bonds. The van der Waals surface area contributed by atoms with E-state index in [0.717, 1.165) is 14.6 Å². The van der Waals surface area contributed by atoms with Gasteiger partial charge in [0.2, 0.25) is 0 Å². The van der Waals surface area contributed by atoms with Gasteiger partial charge in [0, 0.05) is 26.7 Å². The van der Waals surface area contributed by atoms with E-state index in [1.54, 1.807) is 0 Å². The smallest absolute Gasteiger partial charge is 0.0661 e. The Balaban J connectivity index is 2.44. The van der Waals surface area contributed by atoms with Crippen molar-refractivity contribution in [2.24, 2.45) is 0 Å². The fraction of sp³-hybridized carbons (Fsp3) is 0.538. The van der Waals surface area contributed by atoms with Crippen molar-refractivity contribution >= 4 is 43.2 Å². The number of hydrogen-bond acceptors (Lipinski definition) is 2. The monoisotopic (exact) mass is 360 g/mol. The Morgan fingerprint density at radius 3 is 2.06 bits per heavy atom. The van der Waals surface area contributed by atoms with E-state index in [1.807, 2.05) is 12.1 Å². The summed E-state index contributed by atoms with van der Waals surface area (Å²) in [6.45, 7) is 4.59. The summed E-state index contributed by atoms with van der Waals surface area (Å²) in [5.74, 6) is 0. The van der Waals surface area contributed by atoms with Crippen LogP contribution in [0.15, 0.2) is 21.1 Å². The lowest BCUT2D eigenvalue weighted by molar-refractivity contribution is 0.413. The SMILES string of the molecule is CC1CCCC(C)N1c1c(Br)cc(N)cc1Br. The van der Waals surface area contributed by atoms with Crippen LogP contribution in [0.3, 0.4) is 0 Å². The summed E-state index contributed by atoms with van der Waals surface area (Å²) in [4.78, 5) is 2.50. The van der Waals surface area contributed by atoms with Crippen LogP contribution >= 0.6 is 31.9 Å². The number of nitrogen functional groups attached to an aromatic ring is 1. The Morgan fingerprint density at radius 1 is 1.12 bits per heavy atom. The van der Waals surface area contributed by atoms with Crippen molar-refractivity contribution in [2.75, 3.05) is 10.6 Å². The molecule has 94 valence electrons. The van der Waals surface area contributed by atoms with Crippen LogP contribution in [-0.4, -0.2) is 12.1 Å². The predicted molar refractivity (Wildman–Crippen MR) is 81.5 cm³/mol. The third-order valence-corrected chi connectivity index (χ3v) is 4.70. The van der Waals surface area contributed by atoms with E-state index < -0.39 is 0 Å². The van der Waals surface area contributed by atoms with E-state index in [4.69, 9.17) is 5.73 Å². The number of rotatable bonds is 1. The van der Waals surface area contributed by atoms with Gasteiger partial charge >= 0.3 is 0 Å². The molecule has 2 N–H and O–H groups in total. The zero-order chi connectivity index (χ0) is 12.6. The van der Waals surface area contributed by atoms with E-state index in [-0.39, 0.29) is 0 Å². The van der Waals surface area contributed by atoms with E-state index in [1.165, 1.54) is 24.9 Å². The van der Waals surface area contributed by atoms with Crippen LogP contribution < -0.4 is 10.6 Å². The maximum atomic E-state index is 5.85. The van der Waals surface area contributed by atoms with Crippen LogP contribution in [0.2, 0.25) is 0 Å². The van der Waals surface area contributed by atoms with Crippen LogP contribution in [0.25, 0.3) is 0 Å². The number of anilines is 2. The lowest BCUT2D eigenvalue weighted by Crippen LogP contribution is -2.44. The zero-order valence-corrected chi connectivity index (χ0v) is 13.4. The van der Waals surface area contributed by atoms with E-state index >= 15 is 0 Å². The molecule has 2 rings (SSSR count). The summed E-state index contributed by atoms with van der Waals surface area (Å²) < 4.78 is 2.15. The molecule has 4 heteroatoms. The molecule has 1 fully saturated rings. The van der Waals surface area contributed by atoms with Crippen molar-refractivity contribution in [1.82, 2.24) is 0 Å². The molecule has 1 aromatic carbocycles. The summed E-state index contributed by atoms with van der Waals surface area (Å²) in [6.07, 6.45) is 3.84. The molecule has 2 atom stereocenters. The minimum atomic E-state index is 0.579. The van der Waals surface area contributed by atoms with Crippen LogP contribution in [0, 0.1) is 0 Å². The second-order valence-electron chi connectivity index (χ2n) is 4.87. The van der Waals surface area contributed by atoms with Crippen LogP contribution in [0.5, 0.6) is 0 Å². The lowest BCUT2D eigenvalue weighted by atomic mass is 9.96. The Morgan fingerprint density at radius 2 is 1.59 bits per heavy atom. The van der Waals surface area contributed by atoms with Crippen LogP contribution in [0.1, 0.15) is 33.1 Å². The number of halogens is 2. The minimum absolute atomic E-state index is 0.579. The molecule has 2 unspecified atom stereocenters. The molecular weight excluding hydrogens is 344 g/mol. The van der Waals surface area contributed by atoms with Gasteiger partial charge < -0.3 is 10.6 Å². The number of piperidine rings is 1. The quantitative estimate of drug-likeness (QED) is 0.743. The topological polar surface area (TPSA) is 29.3 Å². The van der Waals surface area contributed by atoms with Crippen molar-refractivity contribution in [2.45, 2.75) is 45.2 Å². The van der Waals surface area contributed by atoms with Gasteiger partial charge in [-0.15, -0.1) is 0 Å². The average Bonchev–Trinajstić information content (AvgIpc) is 2.21. The highest BCUT2D eigenvalue weighted by molar-refractivity contribution is 9.11. The average molecular weight is 362 g/mol. The molecule has 1 aliphatic rings. The summed E-state index contributed by atoms with van der Waals surface area (Å²) in [5.41, 5.74) is 7.87. The number of benzene rings is 1. The molecule has 1 heterocycles. The van der Waals surface area contributed by atoms with E-state index in [2.05, 4.69) is 50.6 Å². The standard InChI is InChI=1S/C13H18Br2N2/c1-8-4-3-5-9(2)17(8)13-11(14)6-10(16)7-12(13)15/h6-9H,3-5,16H2,1-2H3. The summed E-state index contributed by atoms with van der Waals surface area (Å²) in [6, 6.07) is 5.12. The molecule has 17 heavy (non-hydrogen) atoms. The van der Waals surface area contributed by atoms with Crippen molar-refractivity contribution in [3.05, 3.63) is 21.1 Å². The first kappa shape index (κ1) is 13.2. The fourth-order valence-electron chi connectivity index (χ4n) is 2.69. The lowest BCUT2D eigenvalue weighted by Gasteiger charge is -2.42. The normalized spacial score (nSPS) is 25.1. The molecule has 0 aromatic heterocycles. The number of nitrogens with two attached hydrogens (primary N) is 1. The van der Waals surface area contributed by atoms with Gasteiger partial charge in [-0.05, 0) is 77.1 Å². The predicted octanol–water partition coefficient (Wildman–Crippen LogP) is 4.56. The molecule has 1 saturated heterocycles. The molecule has 0 aliphatic carbocycles. The first-order chi connectivity index (χ1) is 8.00. The fourth-order valence-corrected chi connectivity index (χ4v) is 4.33. The van der Waals surface area contributed by atoms with E-state index in [0.29, 0.717) is 12.1 Å². The van der Waals surface area contributed by atoms with Gasteiger partial charge in [0.05, 0.1) is 5.69 Å². The number of hydrogen-bond donors (Lipinski definition) is 1. The Hall–Kier alpha value is -0.220. The first-order valence-corrected chi connectivity index (χ1v) is 7.62. The van der Waals surface area contributed by atoms with Gasteiger partial charge in [0.15, 0.2) is 0 Å². The van der Waals surface area contributed by atoms with Crippen molar-refractivity contribution < 1.29 is 0 Å². The van der Waals surface area contributed by atoms with Crippen LogP contribution in [-0.2, 0) is 0 Å². The van der Waals surface area contributed by atoms with Gasteiger partial charge in [-0.25, -0.2) is 0 Å². The van der Waals surface area contributed by atoms with E-state index in [9.17, 15) is 0 Å². The Kier molecular flexibility index (Phi) is 4.03. The highest BCUT2D eigenvalue weighted by Gasteiger charge is 2.27. The molecule has 0 bridgehead atoms.